The lowest BCUT2D eigenvalue weighted by atomic mass is 9.86. The Morgan fingerprint density at radius 1 is 1.09 bits per heavy atom. The van der Waals surface area contributed by atoms with E-state index in [0.717, 1.165) is 16.8 Å². The molecule has 1 fully saturated rings. The molecule has 182 valence electrons. The summed E-state index contributed by atoms with van der Waals surface area (Å²) >= 11 is 0. The van der Waals surface area contributed by atoms with Gasteiger partial charge in [-0.1, -0.05) is 48.5 Å². The number of ether oxygens (including phenoxy) is 1. The molecule has 2 bridgehead atoms. The number of carbonyl (C=O) groups excluding carboxylic acids is 1. The minimum atomic E-state index is -0.466. The van der Waals surface area contributed by atoms with Crippen LogP contribution in [-0.4, -0.2) is 47.3 Å². The van der Waals surface area contributed by atoms with E-state index in [0.29, 0.717) is 17.9 Å². The molecule has 1 amide bonds. The van der Waals surface area contributed by atoms with Gasteiger partial charge in [0.25, 0.3) is 5.56 Å². The standard InChI is InChI=1S/C28H31N3O4/c1-17(18-9-5-4-6-10-18)29-27(33)25-21(16-32)23-15-31-22(26(25)30(23)2)14-13-20(28(31)34)19-11-7-8-12-24(19)35-3/h4-14,17,21,23,25-26,32H,15-16H2,1-3H3,(H,29,33)/t17-,21+,23+,25-,26-/m0/s1. The zero-order valence-corrected chi connectivity index (χ0v) is 20.2. The van der Waals surface area contributed by atoms with E-state index in [4.69, 9.17) is 4.74 Å². The van der Waals surface area contributed by atoms with Crippen LogP contribution in [0.3, 0.4) is 0 Å². The van der Waals surface area contributed by atoms with Gasteiger partial charge in [-0.05, 0) is 37.7 Å². The van der Waals surface area contributed by atoms with Crippen molar-refractivity contribution in [2.75, 3.05) is 20.8 Å². The third kappa shape index (κ3) is 3.85. The first-order valence-corrected chi connectivity index (χ1v) is 12.0. The van der Waals surface area contributed by atoms with Crippen LogP contribution in [0.15, 0.2) is 71.5 Å². The number of hydrogen-bond acceptors (Lipinski definition) is 5. The van der Waals surface area contributed by atoms with Crippen molar-refractivity contribution >= 4 is 5.91 Å². The second-order valence-electron chi connectivity index (χ2n) is 9.48. The lowest BCUT2D eigenvalue weighted by Gasteiger charge is -2.35. The van der Waals surface area contributed by atoms with Crippen LogP contribution in [0, 0.1) is 11.8 Å². The first kappa shape index (κ1) is 23.3. The average molecular weight is 474 g/mol. The number of para-hydroxylation sites is 1. The van der Waals surface area contributed by atoms with E-state index < -0.39 is 5.92 Å². The van der Waals surface area contributed by atoms with Gasteiger partial charge in [0.05, 0.1) is 30.7 Å². The fraction of sp³-hybridized carbons (Fsp3) is 0.357. The fourth-order valence-corrected chi connectivity index (χ4v) is 5.90. The number of rotatable bonds is 6. The highest BCUT2D eigenvalue weighted by atomic mass is 16.5. The van der Waals surface area contributed by atoms with Crippen molar-refractivity contribution in [1.29, 1.82) is 0 Å². The molecule has 7 heteroatoms. The highest BCUT2D eigenvalue weighted by molar-refractivity contribution is 5.81. The second kappa shape index (κ2) is 9.32. The van der Waals surface area contributed by atoms with E-state index in [2.05, 4.69) is 10.2 Å². The summed E-state index contributed by atoms with van der Waals surface area (Å²) in [5, 5.41) is 13.5. The quantitative estimate of drug-likeness (QED) is 0.575. The summed E-state index contributed by atoms with van der Waals surface area (Å²) in [5.41, 5.74) is 3.02. The maximum Gasteiger partial charge on any atom is 0.258 e. The van der Waals surface area contributed by atoms with Crippen LogP contribution in [0.2, 0.25) is 0 Å². The number of nitrogens with zero attached hydrogens (tertiary/aromatic N) is 2. The molecule has 0 spiro atoms. The molecule has 2 aliphatic rings. The molecule has 0 radical (unpaired) electrons. The van der Waals surface area contributed by atoms with Gasteiger partial charge < -0.3 is 19.7 Å². The minimum Gasteiger partial charge on any atom is -0.496 e. The van der Waals surface area contributed by atoms with Crippen molar-refractivity contribution < 1.29 is 14.6 Å². The van der Waals surface area contributed by atoms with Gasteiger partial charge in [0, 0.05) is 36.4 Å². The van der Waals surface area contributed by atoms with Crippen LogP contribution in [0.25, 0.3) is 11.1 Å². The van der Waals surface area contributed by atoms with Crippen LogP contribution < -0.4 is 15.6 Å². The molecule has 7 nitrogen and oxygen atoms in total. The zero-order valence-electron chi connectivity index (χ0n) is 20.2. The molecule has 1 saturated heterocycles. The summed E-state index contributed by atoms with van der Waals surface area (Å²) in [7, 11) is 3.57. The van der Waals surface area contributed by atoms with Crippen molar-refractivity contribution in [3.05, 3.63) is 88.3 Å². The number of aliphatic hydroxyl groups excluding tert-OH is 1. The van der Waals surface area contributed by atoms with Gasteiger partial charge in [0.1, 0.15) is 5.75 Å². The molecule has 2 aliphatic heterocycles. The van der Waals surface area contributed by atoms with E-state index in [1.807, 2.05) is 80.7 Å². The molecule has 0 saturated carbocycles. The summed E-state index contributed by atoms with van der Waals surface area (Å²) in [6.45, 7) is 2.27. The first-order valence-electron chi connectivity index (χ1n) is 12.0. The predicted octanol–water partition coefficient (Wildman–Crippen LogP) is 2.99. The van der Waals surface area contributed by atoms with Gasteiger partial charge in [-0.25, -0.2) is 0 Å². The number of carbonyl (C=O) groups is 1. The maximum atomic E-state index is 13.7. The van der Waals surface area contributed by atoms with Crippen LogP contribution >= 0.6 is 0 Å². The SMILES string of the molecule is COc1ccccc1-c1ccc2n(c1=O)C[C@@H]1[C@@H](CO)[C@H](C(=O)N[C@@H](C)c3ccccc3)[C@H]2N1C. The number of amides is 1. The van der Waals surface area contributed by atoms with Gasteiger partial charge in [0.15, 0.2) is 0 Å². The zero-order chi connectivity index (χ0) is 24.7. The monoisotopic (exact) mass is 473 g/mol. The van der Waals surface area contributed by atoms with Crippen molar-refractivity contribution in [3.63, 3.8) is 0 Å². The topological polar surface area (TPSA) is 83.8 Å². The summed E-state index contributed by atoms with van der Waals surface area (Å²) in [6.07, 6.45) is 0. The molecule has 0 aliphatic carbocycles. The third-order valence-electron chi connectivity index (χ3n) is 7.71. The number of pyridine rings is 1. The number of fused-ring (bicyclic) bond motifs is 4. The molecule has 5 atom stereocenters. The third-order valence-corrected chi connectivity index (χ3v) is 7.71. The lowest BCUT2D eigenvalue weighted by Crippen LogP contribution is -2.44. The average Bonchev–Trinajstić information content (AvgIpc) is 3.06. The summed E-state index contributed by atoms with van der Waals surface area (Å²) < 4.78 is 7.27. The number of aromatic nitrogens is 1. The van der Waals surface area contributed by atoms with E-state index >= 15 is 0 Å². The van der Waals surface area contributed by atoms with E-state index in [1.54, 1.807) is 11.7 Å². The van der Waals surface area contributed by atoms with Crippen LogP contribution in [0.4, 0.5) is 0 Å². The summed E-state index contributed by atoms with van der Waals surface area (Å²) in [5.74, 6) is -0.204. The molecule has 3 aromatic rings. The molecule has 35 heavy (non-hydrogen) atoms. The highest BCUT2D eigenvalue weighted by Gasteiger charge is 2.54. The molecule has 1 aromatic heterocycles. The van der Waals surface area contributed by atoms with Crippen molar-refractivity contribution in [2.45, 2.75) is 31.6 Å². The molecule has 3 heterocycles. The van der Waals surface area contributed by atoms with Crippen LogP contribution in [-0.2, 0) is 11.3 Å². The maximum absolute atomic E-state index is 13.7. The predicted molar refractivity (Wildman–Crippen MR) is 134 cm³/mol. The Bertz CT molecular complexity index is 1290. The number of nitrogens with one attached hydrogen (secondary N) is 1. The minimum absolute atomic E-state index is 0.102. The summed E-state index contributed by atoms with van der Waals surface area (Å²) in [4.78, 5) is 29.4. The van der Waals surface area contributed by atoms with Gasteiger partial charge in [0.2, 0.25) is 5.91 Å². The number of aliphatic hydroxyl groups is 1. The number of methoxy groups -OCH3 is 1. The molecular formula is C28H31N3O4. The smallest absolute Gasteiger partial charge is 0.258 e. The van der Waals surface area contributed by atoms with Gasteiger partial charge in [-0.3, -0.25) is 14.5 Å². The fourth-order valence-electron chi connectivity index (χ4n) is 5.90. The van der Waals surface area contributed by atoms with E-state index in [9.17, 15) is 14.7 Å². The Kier molecular flexibility index (Phi) is 6.21. The first-order chi connectivity index (χ1) is 17.0. The Hall–Kier alpha value is -3.42. The Morgan fingerprint density at radius 3 is 2.51 bits per heavy atom. The second-order valence-corrected chi connectivity index (χ2v) is 9.48. The Balaban J connectivity index is 1.52. The Labute approximate surface area is 205 Å². The largest absolute Gasteiger partial charge is 0.496 e. The molecule has 2 aromatic carbocycles. The van der Waals surface area contributed by atoms with E-state index in [1.165, 1.54) is 0 Å². The van der Waals surface area contributed by atoms with Crippen LogP contribution in [0.1, 0.15) is 30.3 Å². The number of likely N-dealkylation sites (N-methyl/N-ethyl adjacent to an activating group) is 1. The lowest BCUT2D eigenvalue weighted by molar-refractivity contribution is -0.128. The van der Waals surface area contributed by atoms with E-state index in [-0.39, 0.29) is 42.1 Å². The van der Waals surface area contributed by atoms with Crippen molar-refractivity contribution in [2.24, 2.45) is 11.8 Å². The van der Waals surface area contributed by atoms with Gasteiger partial charge >= 0.3 is 0 Å². The number of benzene rings is 2. The summed E-state index contributed by atoms with van der Waals surface area (Å²) in [6, 6.07) is 20.5. The van der Waals surface area contributed by atoms with Crippen LogP contribution in [0.5, 0.6) is 5.75 Å². The molecule has 0 unspecified atom stereocenters. The van der Waals surface area contributed by atoms with Crippen molar-refractivity contribution in [3.8, 4) is 16.9 Å². The van der Waals surface area contributed by atoms with Gasteiger partial charge in [-0.2, -0.15) is 0 Å². The molecular weight excluding hydrogens is 442 g/mol. The van der Waals surface area contributed by atoms with Crippen molar-refractivity contribution in [1.82, 2.24) is 14.8 Å². The molecule has 2 N–H and O–H groups in total. The number of hydrogen-bond donors (Lipinski definition) is 2. The molecule has 5 rings (SSSR count). The highest BCUT2D eigenvalue weighted by Crippen LogP contribution is 2.47. The normalized spacial score (nSPS) is 24.0. The van der Waals surface area contributed by atoms with Gasteiger partial charge in [-0.15, -0.1) is 0 Å². The Morgan fingerprint density at radius 2 is 1.80 bits per heavy atom.